The van der Waals surface area contributed by atoms with Gasteiger partial charge in [0, 0.05) is 56.5 Å². The van der Waals surface area contributed by atoms with Crippen LogP contribution < -0.4 is 4.74 Å². The second-order valence-corrected chi connectivity index (χ2v) is 9.17. The summed E-state index contributed by atoms with van der Waals surface area (Å²) in [4.78, 5) is 4.84. The van der Waals surface area contributed by atoms with E-state index in [1.54, 1.807) is 25.5 Å². The lowest BCUT2D eigenvalue weighted by atomic mass is 9.95. The summed E-state index contributed by atoms with van der Waals surface area (Å²) in [7, 11) is 1.43. The molecule has 1 aliphatic heterocycles. The Bertz CT molecular complexity index is 884. The van der Waals surface area contributed by atoms with Crippen molar-refractivity contribution in [3.05, 3.63) is 59.4 Å². The van der Waals surface area contributed by atoms with Gasteiger partial charge in [-0.05, 0) is 31.0 Å². The van der Waals surface area contributed by atoms with Crippen molar-refractivity contribution in [3.63, 3.8) is 0 Å². The molecule has 27 heavy (non-hydrogen) atoms. The van der Waals surface area contributed by atoms with Crippen molar-refractivity contribution in [2.45, 2.75) is 25.2 Å². The fourth-order valence-electron chi connectivity index (χ4n) is 3.49. The molecule has 1 fully saturated rings. The fourth-order valence-corrected chi connectivity index (χ4v) is 4.68. The molecule has 3 rings (SSSR count). The van der Waals surface area contributed by atoms with E-state index in [0.717, 1.165) is 35.5 Å². The van der Waals surface area contributed by atoms with E-state index in [2.05, 4.69) is 0 Å². The van der Waals surface area contributed by atoms with Crippen LogP contribution in [0.4, 0.5) is 0 Å². The van der Waals surface area contributed by atoms with Gasteiger partial charge in [0.2, 0.25) is 0 Å². The van der Waals surface area contributed by atoms with Crippen molar-refractivity contribution in [2.24, 2.45) is 0 Å². The lowest BCUT2D eigenvalue weighted by Crippen LogP contribution is -2.45. The summed E-state index contributed by atoms with van der Waals surface area (Å²) in [6.45, 7) is 1.05. The summed E-state index contributed by atoms with van der Waals surface area (Å²) in [6, 6.07) is 14.0. The molecule has 0 unspecified atom stereocenters. The normalized spacial score (nSPS) is 18.6. The van der Waals surface area contributed by atoms with E-state index >= 15 is 0 Å². The van der Waals surface area contributed by atoms with Gasteiger partial charge in [0.1, 0.15) is 5.75 Å². The van der Waals surface area contributed by atoms with E-state index in [0.29, 0.717) is 19.5 Å². The highest BCUT2D eigenvalue weighted by Crippen LogP contribution is 2.28. The third kappa shape index (κ3) is 4.48. The Morgan fingerprint density at radius 2 is 1.96 bits per heavy atom. The lowest BCUT2D eigenvalue weighted by molar-refractivity contribution is 0.296. The average molecular weight is 390 g/mol. The van der Waals surface area contributed by atoms with E-state index in [-0.39, 0.29) is 5.92 Å². The van der Waals surface area contributed by atoms with Crippen LogP contribution in [-0.4, -0.2) is 56.3 Å². The number of benzene rings is 1. The first-order valence-corrected chi connectivity index (χ1v) is 10.6. The zero-order valence-corrected chi connectivity index (χ0v) is 16.9. The van der Waals surface area contributed by atoms with Gasteiger partial charge in [0.05, 0.1) is 7.11 Å². The van der Waals surface area contributed by atoms with Gasteiger partial charge in [-0.2, -0.15) is 17.0 Å². The highest BCUT2D eigenvalue weighted by molar-refractivity contribution is 7.86. The zero-order valence-electron chi connectivity index (χ0n) is 16.1. The van der Waals surface area contributed by atoms with Gasteiger partial charge in [0.15, 0.2) is 0 Å². The topological polar surface area (TPSA) is 62.7 Å². The molecular formula is C20H27N3O3S. The number of hydrogen-bond donors (Lipinski definition) is 0. The van der Waals surface area contributed by atoms with Crippen LogP contribution in [0, 0.1) is 0 Å². The monoisotopic (exact) mass is 389 g/mol. The Morgan fingerprint density at radius 1 is 1.19 bits per heavy atom. The molecule has 1 aromatic carbocycles. The van der Waals surface area contributed by atoms with Gasteiger partial charge in [-0.25, -0.2) is 0 Å². The van der Waals surface area contributed by atoms with Crippen molar-refractivity contribution >= 4 is 10.2 Å². The van der Waals surface area contributed by atoms with Gasteiger partial charge in [-0.3, -0.25) is 4.98 Å². The van der Waals surface area contributed by atoms with E-state index in [4.69, 9.17) is 9.72 Å². The van der Waals surface area contributed by atoms with Crippen LogP contribution in [0.15, 0.2) is 42.5 Å². The molecule has 0 spiro atoms. The number of aromatic nitrogens is 1. The van der Waals surface area contributed by atoms with Crippen molar-refractivity contribution in [3.8, 4) is 5.75 Å². The summed E-state index contributed by atoms with van der Waals surface area (Å²) in [5, 5.41) is 0. The van der Waals surface area contributed by atoms with Crippen LogP contribution in [0.2, 0.25) is 0 Å². The number of nitrogens with zero attached hydrogens (tertiary/aromatic N) is 3. The second kappa shape index (κ2) is 8.37. The van der Waals surface area contributed by atoms with Gasteiger partial charge in [-0.15, -0.1) is 0 Å². The Labute approximate surface area is 162 Å². The summed E-state index contributed by atoms with van der Waals surface area (Å²) in [5.74, 6) is 0.969. The van der Waals surface area contributed by atoms with Crippen molar-refractivity contribution < 1.29 is 13.2 Å². The smallest absolute Gasteiger partial charge is 0.281 e. The van der Waals surface area contributed by atoms with Crippen LogP contribution in [0.1, 0.15) is 35.7 Å². The number of hydrogen-bond acceptors (Lipinski definition) is 4. The maximum atomic E-state index is 12.5. The van der Waals surface area contributed by atoms with E-state index in [1.807, 2.05) is 42.5 Å². The first-order valence-electron chi connectivity index (χ1n) is 9.17. The third-order valence-corrected chi connectivity index (χ3v) is 6.89. The minimum absolute atomic E-state index is 0.117. The molecule has 0 bridgehead atoms. The quantitative estimate of drug-likeness (QED) is 0.762. The van der Waals surface area contributed by atoms with E-state index in [1.165, 1.54) is 4.31 Å². The zero-order chi connectivity index (χ0) is 19.4. The molecule has 146 valence electrons. The van der Waals surface area contributed by atoms with Crippen LogP contribution in [0.5, 0.6) is 5.75 Å². The van der Waals surface area contributed by atoms with Gasteiger partial charge < -0.3 is 4.74 Å². The van der Waals surface area contributed by atoms with Crippen LogP contribution in [0.3, 0.4) is 0 Å². The van der Waals surface area contributed by atoms with Crippen LogP contribution >= 0.6 is 0 Å². The van der Waals surface area contributed by atoms with Crippen molar-refractivity contribution in [1.29, 1.82) is 0 Å². The molecule has 2 aromatic rings. The van der Waals surface area contributed by atoms with E-state index < -0.39 is 10.2 Å². The summed E-state index contributed by atoms with van der Waals surface area (Å²) in [6.07, 6.45) is 2.48. The van der Waals surface area contributed by atoms with Crippen LogP contribution in [-0.2, 0) is 16.6 Å². The Kier molecular flexibility index (Phi) is 6.14. The van der Waals surface area contributed by atoms with Crippen LogP contribution in [0.25, 0.3) is 0 Å². The maximum absolute atomic E-state index is 12.5. The minimum Gasteiger partial charge on any atom is -0.496 e. The van der Waals surface area contributed by atoms with Gasteiger partial charge >= 0.3 is 0 Å². The lowest BCUT2D eigenvalue weighted by Gasteiger charge is -2.33. The molecule has 0 amide bonds. The minimum atomic E-state index is -3.39. The highest BCUT2D eigenvalue weighted by atomic mass is 32.2. The fraction of sp³-hybridized carbons (Fsp3) is 0.450. The highest BCUT2D eigenvalue weighted by Gasteiger charge is 2.31. The molecule has 0 saturated carbocycles. The molecule has 0 radical (unpaired) electrons. The Balaban J connectivity index is 1.79. The molecule has 1 saturated heterocycles. The standard InChI is InChI=1S/C20H27N3O3S/c1-22(2)27(24,25)23-13-7-9-17(15-23)19-11-6-10-18(21-19)14-16-8-4-5-12-20(16)26-3/h4-6,8,10-12,17H,7,9,13-15H2,1-3H3/t17-/m1/s1. The number of para-hydroxylation sites is 1. The molecule has 1 atom stereocenters. The summed E-state index contributed by atoms with van der Waals surface area (Å²) in [5.41, 5.74) is 3.01. The predicted molar refractivity (Wildman–Crippen MR) is 106 cm³/mol. The number of rotatable bonds is 6. The first kappa shape index (κ1) is 19.8. The summed E-state index contributed by atoms with van der Waals surface area (Å²) < 4.78 is 33.2. The van der Waals surface area contributed by atoms with Gasteiger partial charge in [0.25, 0.3) is 10.2 Å². The molecule has 6 nitrogen and oxygen atoms in total. The van der Waals surface area contributed by atoms with Crippen molar-refractivity contribution in [1.82, 2.24) is 13.6 Å². The molecule has 0 aliphatic carbocycles. The molecule has 1 aliphatic rings. The number of methoxy groups -OCH3 is 1. The number of pyridine rings is 1. The largest absolute Gasteiger partial charge is 0.496 e. The van der Waals surface area contributed by atoms with Crippen molar-refractivity contribution in [2.75, 3.05) is 34.3 Å². The Hall–Kier alpha value is -1.96. The Morgan fingerprint density at radius 3 is 2.70 bits per heavy atom. The molecular weight excluding hydrogens is 362 g/mol. The number of ether oxygens (including phenoxy) is 1. The molecule has 1 aromatic heterocycles. The predicted octanol–water partition coefficient (Wildman–Crippen LogP) is 2.67. The van der Waals surface area contributed by atoms with Gasteiger partial charge in [-0.1, -0.05) is 24.3 Å². The average Bonchev–Trinajstić information content (AvgIpc) is 2.68. The SMILES string of the molecule is COc1ccccc1Cc1cccc([C@@H]2CCCN(S(=O)(=O)N(C)C)C2)n1. The molecule has 0 N–H and O–H groups in total. The molecule has 2 heterocycles. The second-order valence-electron chi connectivity index (χ2n) is 7.03. The maximum Gasteiger partial charge on any atom is 0.281 e. The number of piperidine rings is 1. The molecule has 7 heteroatoms. The third-order valence-electron chi connectivity index (χ3n) is 4.98. The first-order chi connectivity index (χ1) is 12.9. The van der Waals surface area contributed by atoms with E-state index in [9.17, 15) is 8.42 Å². The summed E-state index contributed by atoms with van der Waals surface area (Å²) >= 11 is 0.